The van der Waals surface area contributed by atoms with Crippen molar-refractivity contribution in [2.24, 2.45) is 11.8 Å². The molecule has 0 aromatic heterocycles. The van der Waals surface area contributed by atoms with Gasteiger partial charge in [-0.15, -0.1) is 0 Å². The maximum atomic E-state index is 13.3. The van der Waals surface area contributed by atoms with E-state index in [-0.39, 0.29) is 11.4 Å². The Balaban J connectivity index is 0.00000169. The molecule has 2 unspecified atom stereocenters. The highest BCUT2D eigenvalue weighted by molar-refractivity contribution is 5.15. The summed E-state index contributed by atoms with van der Waals surface area (Å²) in [6.45, 7) is 4.39. The minimum absolute atomic E-state index is 0. The van der Waals surface area contributed by atoms with E-state index in [1.54, 1.807) is 12.2 Å². The molecule has 1 aliphatic carbocycles. The Morgan fingerprint density at radius 3 is 2.50 bits per heavy atom. The zero-order valence-electron chi connectivity index (χ0n) is 9.04. The lowest BCUT2D eigenvalue weighted by Gasteiger charge is -2.20. The number of halogens is 1. The number of allylic oxidation sites excluding steroid dienone is 4. The minimum Gasteiger partial charge on any atom is -0.412 e. The van der Waals surface area contributed by atoms with Crippen molar-refractivity contribution in [1.29, 1.82) is 0 Å². The maximum absolute atomic E-state index is 13.3. The van der Waals surface area contributed by atoms with Crippen LogP contribution < -0.4 is 0 Å². The van der Waals surface area contributed by atoms with Gasteiger partial charge in [-0.3, -0.25) is 0 Å². The highest BCUT2D eigenvalue weighted by Crippen LogP contribution is 2.25. The summed E-state index contributed by atoms with van der Waals surface area (Å²) in [5.41, 5.74) is 0. The summed E-state index contributed by atoms with van der Waals surface area (Å²) < 4.78 is 13.3. The Bertz CT molecular complexity index is 198. The standard InChI is InChI=1S/C12H19F.H2O/c1-3-6-10(2)9-11-7-4-5-8-12(11)13;/h4-5,7-8,10-12H,3,6,9H2,1-2H3;1H2/t10?,11-,12?;/m0./s1. The summed E-state index contributed by atoms with van der Waals surface area (Å²) >= 11 is 0. The third-order valence-corrected chi connectivity index (χ3v) is 2.63. The molecule has 1 aliphatic rings. The molecule has 0 saturated heterocycles. The van der Waals surface area contributed by atoms with Gasteiger partial charge in [0.15, 0.2) is 0 Å². The second-order valence-electron chi connectivity index (χ2n) is 4.01. The van der Waals surface area contributed by atoms with Gasteiger partial charge in [-0.05, 0) is 12.3 Å². The van der Waals surface area contributed by atoms with Crippen LogP contribution in [0.2, 0.25) is 0 Å². The summed E-state index contributed by atoms with van der Waals surface area (Å²) in [6, 6.07) is 0. The Morgan fingerprint density at radius 2 is 1.93 bits per heavy atom. The fourth-order valence-corrected chi connectivity index (χ4v) is 1.91. The fraction of sp³-hybridized carbons (Fsp3) is 0.667. The number of hydrogen-bond acceptors (Lipinski definition) is 0. The van der Waals surface area contributed by atoms with Crippen molar-refractivity contribution in [2.45, 2.75) is 39.3 Å². The Kier molecular flexibility index (Phi) is 6.46. The van der Waals surface area contributed by atoms with Gasteiger partial charge in [0, 0.05) is 5.92 Å². The lowest BCUT2D eigenvalue weighted by molar-refractivity contribution is 0.274. The van der Waals surface area contributed by atoms with Crippen LogP contribution in [0.3, 0.4) is 0 Å². The average Bonchev–Trinajstić information content (AvgIpc) is 2.09. The predicted octanol–water partition coefficient (Wildman–Crippen LogP) is 3.07. The summed E-state index contributed by atoms with van der Waals surface area (Å²) in [6.07, 6.45) is 10.0. The lowest BCUT2D eigenvalue weighted by atomic mass is 9.87. The summed E-state index contributed by atoms with van der Waals surface area (Å²) in [5, 5.41) is 0. The van der Waals surface area contributed by atoms with Crippen LogP contribution in [0.4, 0.5) is 4.39 Å². The Labute approximate surface area is 86.0 Å². The van der Waals surface area contributed by atoms with Gasteiger partial charge in [-0.1, -0.05) is 51.0 Å². The fourth-order valence-electron chi connectivity index (χ4n) is 1.91. The van der Waals surface area contributed by atoms with Gasteiger partial charge in [0.1, 0.15) is 6.17 Å². The first-order valence-corrected chi connectivity index (χ1v) is 5.23. The third-order valence-electron chi connectivity index (χ3n) is 2.63. The molecule has 2 N–H and O–H groups in total. The molecule has 2 heteroatoms. The predicted molar refractivity (Wildman–Crippen MR) is 59.0 cm³/mol. The minimum atomic E-state index is -0.760. The van der Waals surface area contributed by atoms with Gasteiger partial charge < -0.3 is 5.48 Å². The van der Waals surface area contributed by atoms with Crippen molar-refractivity contribution in [1.82, 2.24) is 0 Å². The third kappa shape index (κ3) is 4.05. The van der Waals surface area contributed by atoms with Crippen molar-refractivity contribution in [2.75, 3.05) is 0 Å². The van der Waals surface area contributed by atoms with Crippen molar-refractivity contribution in [3.63, 3.8) is 0 Å². The first kappa shape index (κ1) is 13.4. The molecule has 0 fully saturated rings. The second-order valence-corrected chi connectivity index (χ2v) is 4.01. The van der Waals surface area contributed by atoms with Crippen molar-refractivity contribution >= 4 is 0 Å². The highest BCUT2D eigenvalue weighted by Gasteiger charge is 2.19. The molecule has 0 heterocycles. The smallest absolute Gasteiger partial charge is 0.125 e. The largest absolute Gasteiger partial charge is 0.412 e. The number of rotatable bonds is 4. The zero-order valence-corrected chi connectivity index (χ0v) is 9.04. The van der Waals surface area contributed by atoms with Crippen LogP contribution in [-0.4, -0.2) is 11.6 Å². The molecule has 0 aromatic rings. The molecule has 0 amide bonds. The van der Waals surface area contributed by atoms with E-state index in [1.165, 1.54) is 12.8 Å². The van der Waals surface area contributed by atoms with E-state index < -0.39 is 6.17 Å². The van der Waals surface area contributed by atoms with E-state index in [9.17, 15) is 4.39 Å². The summed E-state index contributed by atoms with van der Waals surface area (Å²) in [5.74, 6) is 0.760. The van der Waals surface area contributed by atoms with Gasteiger partial charge >= 0.3 is 0 Å². The SMILES string of the molecule is CCCC(C)C[C@@H]1C=CC=CC1F.O. The molecule has 0 aromatic carbocycles. The first-order valence-electron chi connectivity index (χ1n) is 5.23. The van der Waals surface area contributed by atoms with Crippen LogP contribution in [0.25, 0.3) is 0 Å². The summed E-state index contributed by atoms with van der Waals surface area (Å²) in [4.78, 5) is 0. The Morgan fingerprint density at radius 1 is 1.29 bits per heavy atom. The molecule has 0 bridgehead atoms. The molecular weight excluding hydrogens is 179 g/mol. The van der Waals surface area contributed by atoms with Crippen LogP contribution >= 0.6 is 0 Å². The number of hydrogen-bond donors (Lipinski definition) is 0. The van der Waals surface area contributed by atoms with Gasteiger partial charge in [-0.2, -0.15) is 0 Å². The van der Waals surface area contributed by atoms with Crippen molar-refractivity contribution < 1.29 is 9.87 Å². The molecule has 0 saturated carbocycles. The molecule has 82 valence electrons. The summed E-state index contributed by atoms with van der Waals surface area (Å²) in [7, 11) is 0. The quantitative estimate of drug-likeness (QED) is 0.668. The van der Waals surface area contributed by atoms with Crippen molar-refractivity contribution in [3.05, 3.63) is 24.3 Å². The first-order chi connectivity index (χ1) is 6.24. The van der Waals surface area contributed by atoms with Crippen LogP contribution in [0.5, 0.6) is 0 Å². The van der Waals surface area contributed by atoms with Crippen LogP contribution in [0, 0.1) is 11.8 Å². The molecule has 1 nitrogen and oxygen atoms in total. The monoisotopic (exact) mass is 200 g/mol. The van der Waals surface area contributed by atoms with Gasteiger partial charge in [-0.25, -0.2) is 4.39 Å². The van der Waals surface area contributed by atoms with E-state index >= 15 is 0 Å². The van der Waals surface area contributed by atoms with Crippen LogP contribution in [-0.2, 0) is 0 Å². The van der Waals surface area contributed by atoms with E-state index in [2.05, 4.69) is 13.8 Å². The molecule has 0 radical (unpaired) electrons. The van der Waals surface area contributed by atoms with E-state index in [0.29, 0.717) is 5.92 Å². The second kappa shape index (κ2) is 6.77. The topological polar surface area (TPSA) is 31.5 Å². The molecule has 3 atom stereocenters. The van der Waals surface area contributed by atoms with Gasteiger partial charge in [0.25, 0.3) is 0 Å². The highest BCUT2D eigenvalue weighted by atomic mass is 19.1. The molecule has 0 aliphatic heterocycles. The van der Waals surface area contributed by atoms with Crippen LogP contribution in [0.15, 0.2) is 24.3 Å². The molecule has 0 spiro atoms. The van der Waals surface area contributed by atoms with Gasteiger partial charge in [0.05, 0.1) is 0 Å². The van der Waals surface area contributed by atoms with E-state index in [4.69, 9.17) is 0 Å². The molecule has 1 rings (SSSR count). The number of alkyl halides is 1. The average molecular weight is 200 g/mol. The maximum Gasteiger partial charge on any atom is 0.125 e. The van der Waals surface area contributed by atoms with E-state index in [0.717, 1.165) is 6.42 Å². The molecule has 14 heavy (non-hydrogen) atoms. The Hall–Kier alpha value is -0.630. The normalized spacial score (nSPS) is 27.1. The van der Waals surface area contributed by atoms with Crippen molar-refractivity contribution in [3.8, 4) is 0 Å². The lowest BCUT2D eigenvalue weighted by Crippen LogP contribution is -2.16. The zero-order chi connectivity index (χ0) is 9.68. The van der Waals surface area contributed by atoms with E-state index in [1.807, 2.05) is 12.2 Å². The van der Waals surface area contributed by atoms with Gasteiger partial charge in [0.2, 0.25) is 0 Å². The van der Waals surface area contributed by atoms with Crippen LogP contribution in [0.1, 0.15) is 33.1 Å². The molecular formula is C12H21FO.